The van der Waals surface area contributed by atoms with Crippen molar-refractivity contribution in [2.75, 3.05) is 11.9 Å². The quantitative estimate of drug-likeness (QED) is 0.862. The SMILES string of the molecule is CCOC(=O)Nc1ccc2cnc(C)cc2c1. The van der Waals surface area contributed by atoms with Crippen LogP contribution in [-0.2, 0) is 4.74 Å². The number of hydrogen-bond acceptors (Lipinski definition) is 3. The summed E-state index contributed by atoms with van der Waals surface area (Å²) in [7, 11) is 0. The summed E-state index contributed by atoms with van der Waals surface area (Å²) in [5, 5.41) is 4.77. The maximum atomic E-state index is 11.3. The predicted octanol–water partition coefficient (Wildman–Crippen LogP) is 3.11. The summed E-state index contributed by atoms with van der Waals surface area (Å²) in [5.74, 6) is 0. The number of aromatic nitrogens is 1. The fourth-order valence-electron chi connectivity index (χ4n) is 1.61. The Morgan fingerprint density at radius 3 is 2.94 bits per heavy atom. The smallest absolute Gasteiger partial charge is 0.411 e. The van der Waals surface area contributed by atoms with E-state index in [0.29, 0.717) is 6.61 Å². The van der Waals surface area contributed by atoms with Crippen molar-refractivity contribution in [2.45, 2.75) is 13.8 Å². The molecule has 0 unspecified atom stereocenters. The molecule has 0 aliphatic rings. The maximum Gasteiger partial charge on any atom is 0.411 e. The molecular formula is C13H14N2O2. The minimum Gasteiger partial charge on any atom is -0.450 e. The van der Waals surface area contributed by atoms with E-state index < -0.39 is 6.09 Å². The van der Waals surface area contributed by atoms with Crippen LogP contribution in [0.15, 0.2) is 30.5 Å². The average molecular weight is 230 g/mol. The molecule has 0 saturated heterocycles. The lowest BCUT2D eigenvalue weighted by Crippen LogP contribution is -2.13. The first-order chi connectivity index (χ1) is 8.19. The number of pyridine rings is 1. The van der Waals surface area contributed by atoms with Gasteiger partial charge in [-0.05, 0) is 37.4 Å². The molecule has 4 heteroatoms. The normalized spacial score (nSPS) is 10.2. The van der Waals surface area contributed by atoms with Crippen LogP contribution in [0.1, 0.15) is 12.6 Å². The first kappa shape index (κ1) is 11.4. The van der Waals surface area contributed by atoms with Crippen LogP contribution in [0.3, 0.4) is 0 Å². The second kappa shape index (κ2) is 4.82. The Bertz CT molecular complexity index is 552. The third-order valence-electron chi connectivity index (χ3n) is 2.38. The van der Waals surface area contributed by atoms with Gasteiger partial charge in [0.05, 0.1) is 6.61 Å². The summed E-state index contributed by atoms with van der Waals surface area (Å²) in [6.07, 6.45) is 1.39. The monoisotopic (exact) mass is 230 g/mol. The minimum atomic E-state index is -0.433. The number of carbonyl (C=O) groups is 1. The molecular weight excluding hydrogens is 216 g/mol. The molecule has 1 heterocycles. The highest BCUT2D eigenvalue weighted by molar-refractivity contribution is 5.90. The summed E-state index contributed by atoms with van der Waals surface area (Å²) in [6.45, 7) is 4.07. The highest BCUT2D eigenvalue weighted by Crippen LogP contribution is 2.19. The van der Waals surface area contributed by atoms with Crippen molar-refractivity contribution < 1.29 is 9.53 Å². The van der Waals surface area contributed by atoms with Crippen LogP contribution in [0.5, 0.6) is 0 Å². The van der Waals surface area contributed by atoms with Crippen molar-refractivity contribution in [3.63, 3.8) is 0 Å². The molecule has 88 valence electrons. The summed E-state index contributed by atoms with van der Waals surface area (Å²) in [5.41, 5.74) is 1.67. The molecule has 1 N–H and O–H groups in total. The fraction of sp³-hybridized carbons (Fsp3) is 0.231. The van der Waals surface area contributed by atoms with Crippen molar-refractivity contribution >= 4 is 22.6 Å². The summed E-state index contributed by atoms with van der Waals surface area (Å²) in [6, 6.07) is 7.63. The van der Waals surface area contributed by atoms with Gasteiger partial charge < -0.3 is 4.74 Å². The number of carbonyl (C=O) groups excluding carboxylic acids is 1. The highest BCUT2D eigenvalue weighted by atomic mass is 16.5. The third kappa shape index (κ3) is 2.72. The zero-order valence-corrected chi connectivity index (χ0v) is 9.86. The molecule has 0 spiro atoms. The highest BCUT2D eigenvalue weighted by Gasteiger charge is 2.02. The van der Waals surface area contributed by atoms with E-state index in [1.165, 1.54) is 0 Å². The van der Waals surface area contributed by atoms with Crippen molar-refractivity contribution in [3.8, 4) is 0 Å². The van der Waals surface area contributed by atoms with E-state index >= 15 is 0 Å². The molecule has 0 fully saturated rings. The van der Waals surface area contributed by atoms with E-state index in [9.17, 15) is 4.79 Å². The number of fused-ring (bicyclic) bond motifs is 1. The van der Waals surface area contributed by atoms with Crippen molar-refractivity contribution in [3.05, 3.63) is 36.2 Å². The second-order valence-corrected chi connectivity index (χ2v) is 3.73. The molecule has 0 aliphatic carbocycles. The molecule has 1 amide bonds. The number of rotatable bonds is 2. The molecule has 2 rings (SSSR count). The molecule has 0 bridgehead atoms. The number of aryl methyl sites for hydroxylation is 1. The van der Waals surface area contributed by atoms with Gasteiger partial charge in [-0.25, -0.2) is 4.79 Å². The van der Waals surface area contributed by atoms with E-state index in [4.69, 9.17) is 4.74 Å². The molecule has 17 heavy (non-hydrogen) atoms. The van der Waals surface area contributed by atoms with Crippen LogP contribution in [-0.4, -0.2) is 17.7 Å². The first-order valence-corrected chi connectivity index (χ1v) is 5.49. The molecule has 1 aromatic carbocycles. The van der Waals surface area contributed by atoms with E-state index in [-0.39, 0.29) is 0 Å². The third-order valence-corrected chi connectivity index (χ3v) is 2.38. The summed E-state index contributed by atoms with van der Waals surface area (Å²) < 4.78 is 4.82. The Morgan fingerprint density at radius 2 is 2.18 bits per heavy atom. The van der Waals surface area contributed by atoms with Crippen LogP contribution in [0.2, 0.25) is 0 Å². The van der Waals surface area contributed by atoms with Gasteiger partial charge in [0.1, 0.15) is 0 Å². The van der Waals surface area contributed by atoms with Crippen molar-refractivity contribution in [2.24, 2.45) is 0 Å². The zero-order valence-electron chi connectivity index (χ0n) is 9.86. The molecule has 0 atom stereocenters. The first-order valence-electron chi connectivity index (χ1n) is 5.49. The predicted molar refractivity (Wildman–Crippen MR) is 67.1 cm³/mol. The van der Waals surface area contributed by atoms with Gasteiger partial charge >= 0.3 is 6.09 Å². The molecule has 0 aliphatic heterocycles. The standard InChI is InChI=1S/C13H14N2O2/c1-3-17-13(16)15-12-5-4-10-8-14-9(2)6-11(10)7-12/h4-8H,3H2,1-2H3,(H,15,16). The number of anilines is 1. The lowest BCUT2D eigenvalue weighted by Gasteiger charge is -2.06. The van der Waals surface area contributed by atoms with Gasteiger partial charge in [0, 0.05) is 23.0 Å². The average Bonchev–Trinajstić information content (AvgIpc) is 2.28. The maximum absolute atomic E-state index is 11.3. The summed E-state index contributed by atoms with van der Waals surface area (Å²) in [4.78, 5) is 15.5. The Hall–Kier alpha value is -2.10. The Labute approximate surface area is 99.6 Å². The molecule has 1 aromatic heterocycles. The zero-order chi connectivity index (χ0) is 12.3. The molecule has 2 aromatic rings. The van der Waals surface area contributed by atoms with E-state index in [1.54, 1.807) is 6.92 Å². The number of amides is 1. The van der Waals surface area contributed by atoms with Crippen LogP contribution in [0.4, 0.5) is 10.5 Å². The number of nitrogens with one attached hydrogen (secondary N) is 1. The largest absolute Gasteiger partial charge is 0.450 e. The number of benzene rings is 1. The van der Waals surface area contributed by atoms with Crippen LogP contribution >= 0.6 is 0 Å². The second-order valence-electron chi connectivity index (χ2n) is 3.73. The van der Waals surface area contributed by atoms with Gasteiger partial charge in [-0.3, -0.25) is 10.3 Å². The fourth-order valence-corrected chi connectivity index (χ4v) is 1.61. The minimum absolute atomic E-state index is 0.364. The van der Waals surface area contributed by atoms with Gasteiger partial charge in [0.25, 0.3) is 0 Å². The molecule has 0 radical (unpaired) electrons. The van der Waals surface area contributed by atoms with Crippen LogP contribution < -0.4 is 5.32 Å². The van der Waals surface area contributed by atoms with Gasteiger partial charge in [-0.15, -0.1) is 0 Å². The van der Waals surface area contributed by atoms with Gasteiger partial charge in [0.15, 0.2) is 0 Å². The Balaban J connectivity index is 2.27. The molecule has 0 saturated carbocycles. The summed E-state index contributed by atoms with van der Waals surface area (Å²) >= 11 is 0. The van der Waals surface area contributed by atoms with Crippen molar-refractivity contribution in [1.29, 1.82) is 0 Å². The Morgan fingerprint density at radius 1 is 1.35 bits per heavy atom. The van der Waals surface area contributed by atoms with E-state index in [2.05, 4.69) is 10.3 Å². The molecule has 4 nitrogen and oxygen atoms in total. The van der Waals surface area contributed by atoms with Gasteiger partial charge in [-0.2, -0.15) is 0 Å². The van der Waals surface area contributed by atoms with Gasteiger partial charge in [0.2, 0.25) is 0 Å². The van der Waals surface area contributed by atoms with Crippen molar-refractivity contribution in [1.82, 2.24) is 4.98 Å². The van der Waals surface area contributed by atoms with E-state index in [1.807, 2.05) is 37.4 Å². The lowest BCUT2D eigenvalue weighted by molar-refractivity contribution is 0.168. The van der Waals surface area contributed by atoms with Gasteiger partial charge in [-0.1, -0.05) is 6.07 Å². The Kier molecular flexibility index (Phi) is 3.23. The lowest BCUT2D eigenvalue weighted by atomic mass is 10.1. The topological polar surface area (TPSA) is 51.2 Å². The number of nitrogens with zero attached hydrogens (tertiary/aromatic N) is 1. The van der Waals surface area contributed by atoms with Crippen LogP contribution in [0.25, 0.3) is 10.8 Å². The van der Waals surface area contributed by atoms with E-state index in [0.717, 1.165) is 22.2 Å². The van der Waals surface area contributed by atoms with Crippen LogP contribution in [0, 0.1) is 6.92 Å². The number of hydrogen-bond donors (Lipinski definition) is 1. The number of ether oxygens (including phenoxy) is 1.